The van der Waals surface area contributed by atoms with Crippen LogP contribution >= 0.6 is 0 Å². The number of carboxylic acid groups (broad SMARTS) is 1. The van der Waals surface area contributed by atoms with Crippen molar-refractivity contribution in [2.45, 2.75) is 12.5 Å². The maximum absolute atomic E-state index is 13.1. The van der Waals surface area contributed by atoms with Crippen molar-refractivity contribution in [1.82, 2.24) is 5.32 Å². The Labute approximate surface area is 96.6 Å². The van der Waals surface area contributed by atoms with Gasteiger partial charge in [-0.2, -0.15) is 0 Å². The second kappa shape index (κ2) is 4.50. The summed E-state index contributed by atoms with van der Waals surface area (Å²) in [6.45, 7) is 0.156. The third-order valence-corrected chi connectivity index (χ3v) is 2.53. The molecule has 1 aromatic rings. The van der Waals surface area contributed by atoms with E-state index in [0.29, 0.717) is 11.3 Å². The van der Waals surface area contributed by atoms with E-state index >= 15 is 0 Å². The molecule has 0 aliphatic carbocycles. The van der Waals surface area contributed by atoms with Crippen LogP contribution in [0.5, 0.6) is 0 Å². The van der Waals surface area contributed by atoms with Gasteiger partial charge in [0.25, 0.3) is 0 Å². The van der Waals surface area contributed by atoms with Gasteiger partial charge in [-0.05, 0) is 18.2 Å². The van der Waals surface area contributed by atoms with E-state index in [9.17, 15) is 14.0 Å². The van der Waals surface area contributed by atoms with E-state index in [1.54, 1.807) is 0 Å². The Bertz CT molecular complexity index is 476. The van der Waals surface area contributed by atoms with Crippen molar-refractivity contribution in [2.75, 3.05) is 11.9 Å². The zero-order valence-electron chi connectivity index (χ0n) is 8.87. The highest BCUT2D eigenvalue weighted by atomic mass is 19.1. The van der Waals surface area contributed by atoms with E-state index in [-0.39, 0.29) is 18.9 Å². The molecule has 1 atom stereocenters. The SMILES string of the molecule is O=C(O)CCNC1C(=O)Nc2ccc(F)cc21. The Morgan fingerprint density at radius 3 is 3.00 bits per heavy atom. The first-order chi connectivity index (χ1) is 8.08. The van der Waals surface area contributed by atoms with Gasteiger partial charge < -0.3 is 15.7 Å². The van der Waals surface area contributed by atoms with E-state index in [0.717, 1.165) is 0 Å². The number of hydrogen-bond acceptors (Lipinski definition) is 3. The highest BCUT2D eigenvalue weighted by molar-refractivity contribution is 6.02. The number of fused-ring (bicyclic) bond motifs is 1. The number of halogens is 1. The van der Waals surface area contributed by atoms with Crippen LogP contribution in [0.2, 0.25) is 0 Å². The minimum atomic E-state index is -0.949. The summed E-state index contributed by atoms with van der Waals surface area (Å²) in [6.07, 6.45) is -0.0889. The quantitative estimate of drug-likeness (QED) is 0.727. The molecule has 0 fully saturated rings. The molecule has 2 rings (SSSR count). The second-order valence-electron chi connectivity index (χ2n) is 3.75. The van der Waals surface area contributed by atoms with E-state index < -0.39 is 17.8 Å². The third kappa shape index (κ3) is 2.42. The molecule has 17 heavy (non-hydrogen) atoms. The van der Waals surface area contributed by atoms with Crippen LogP contribution in [0.15, 0.2) is 18.2 Å². The van der Waals surface area contributed by atoms with Crippen LogP contribution in [0, 0.1) is 5.82 Å². The summed E-state index contributed by atoms with van der Waals surface area (Å²) in [4.78, 5) is 21.9. The lowest BCUT2D eigenvalue weighted by Gasteiger charge is -2.10. The Morgan fingerprint density at radius 2 is 2.29 bits per heavy atom. The van der Waals surface area contributed by atoms with E-state index in [1.807, 2.05) is 0 Å². The number of carbonyl (C=O) groups excluding carboxylic acids is 1. The van der Waals surface area contributed by atoms with Crippen molar-refractivity contribution >= 4 is 17.6 Å². The monoisotopic (exact) mass is 238 g/mol. The number of amides is 1. The van der Waals surface area contributed by atoms with E-state index in [4.69, 9.17) is 5.11 Å². The molecular weight excluding hydrogens is 227 g/mol. The molecule has 0 spiro atoms. The summed E-state index contributed by atoms with van der Waals surface area (Å²) in [5.41, 5.74) is 1.07. The zero-order chi connectivity index (χ0) is 12.4. The highest BCUT2D eigenvalue weighted by Crippen LogP contribution is 2.30. The number of anilines is 1. The van der Waals surface area contributed by atoms with Gasteiger partial charge in [0, 0.05) is 17.8 Å². The molecule has 1 aliphatic heterocycles. The van der Waals surface area contributed by atoms with Gasteiger partial charge in [-0.1, -0.05) is 0 Å². The van der Waals surface area contributed by atoms with Crippen LogP contribution in [-0.4, -0.2) is 23.5 Å². The highest BCUT2D eigenvalue weighted by Gasteiger charge is 2.30. The van der Waals surface area contributed by atoms with Crippen molar-refractivity contribution in [3.05, 3.63) is 29.6 Å². The average molecular weight is 238 g/mol. The summed E-state index contributed by atoms with van der Waals surface area (Å²) in [5.74, 6) is -1.67. The van der Waals surface area contributed by atoms with Crippen molar-refractivity contribution in [1.29, 1.82) is 0 Å². The maximum Gasteiger partial charge on any atom is 0.304 e. The van der Waals surface area contributed by atoms with Crippen LogP contribution < -0.4 is 10.6 Å². The van der Waals surface area contributed by atoms with Crippen molar-refractivity contribution in [3.63, 3.8) is 0 Å². The molecule has 6 heteroatoms. The Balaban J connectivity index is 2.11. The van der Waals surface area contributed by atoms with Gasteiger partial charge in [-0.25, -0.2) is 4.39 Å². The van der Waals surface area contributed by atoms with Gasteiger partial charge in [-0.15, -0.1) is 0 Å². The second-order valence-corrected chi connectivity index (χ2v) is 3.75. The van der Waals surface area contributed by atoms with Crippen LogP contribution in [0.25, 0.3) is 0 Å². The number of carbonyl (C=O) groups is 2. The molecule has 1 aromatic carbocycles. The van der Waals surface area contributed by atoms with Crippen LogP contribution in [0.3, 0.4) is 0 Å². The standard InChI is InChI=1S/C11H11FN2O3/c12-6-1-2-8-7(5-6)10(11(17)14-8)13-4-3-9(15)16/h1-2,5,10,13H,3-4H2,(H,14,17)(H,15,16). The van der Waals surface area contributed by atoms with Gasteiger partial charge >= 0.3 is 5.97 Å². The maximum atomic E-state index is 13.1. The molecule has 0 aromatic heterocycles. The fourth-order valence-corrected chi connectivity index (χ4v) is 1.76. The lowest BCUT2D eigenvalue weighted by molar-refractivity contribution is -0.137. The fraction of sp³-hybridized carbons (Fsp3) is 0.273. The Morgan fingerprint density at radius 1 is 1.53 bits per heavy atom. The number of nitrogens with one attached hydrogen (secondary N) is 2. The lowest BCUT2D eigenvalue weighted by Crippen LogP contribution is -2.29. The van der Waals surface area contributed by atoms with Crippen molar-refractivity contribution < 1.29 is 19.1 Å². The zero-order valence-corrected chi connectivity index (χ0v) is 8.87. The van der Waals surface area contributed by atoms with Gasteiger partial charge in [0.2, 0.25) is 5.91 Å². The summed E-state index contributed by atoms with van der Waals surface area (Å²) >= 11 is 0. The molecule has 5 nitrogen and oxygen atoms in total. The van der Waals surface area contributed by atoms with Gasteiger partial charge in [0.05, 0.1) is 6.42 Å². The van der Waals surface area contributed by atoms with Crippen molar-refractivity contribution in [3.8, 4) is 0 Å². The molecule has 0 saturated carbocycles. The Hall–Kier alpha value is -1.95. The van der Waals surface area contributed by atoms with Crippen LogP contribution in [0.1, 0.15) is 18.0 Å². The van der Waals surface area contributed by atoms with Crippen LogP contribution in [-0.2, 0) is 9.59 Å². The van der Waals surface area contributed by atoms with Gasteiger partial charge in [0.1, 0.15) is 11.9 Å². The average Bonchev–Trinajstić information content (AvgIpc) is 2.55. The third-order valence-electron chi connectivity index (χ3n) is 2.53. The summed E-state index contributed by atoms with van der Waals surface area (Å²) in [5, 5.41) is 13.9. The largest absolute Gasteiger partial charge is 0.481 e. The molecule has 0 radical (unpaired) electrons. The number of benzene rings is 1. The molecular formula is C11H11FN2O3. The Kier molecular flexibility index (Phi) is 3.06. The van der Waals surface area contributed by atoms with Crippen molar-refractivity contribution in [2.24, 2.45) is 0 Å². The molecule has 1 heterocycles. The van der Waals surface area contributed by atoms with Gasteiger partial charge in [-0.3, -0.25) is 9.59 Å². The van der Waals surface area contributed by atoms with E-state index in [1.165, 1.54) is 18.2 Å². The topological polar surface area (TPSA) is 78.4 Å². The molecule has 1 amide bonds. The molecule has 90 valence electrons. The molecule has 1 aliphatic rings. The number of rotatable bonds is 4. The molecule has 0 bridgehead atoms. The minimum Gasteiger partial charge on any atom is -0.481 e. The minimum absolute atomic E-state index is 0.0889. The predicted molar refractivity (Wildman–Crippen MR) is 58.0 cm³/mol. The summed E-state index contributed by atoms with van der Waals surface area (Å²) in [6, 6.07) is 3.34. The van der Waals surface area contributed by atoms with Crippen LogP contribution in [0.4, 0.5) is 10.1 Å². The van der Waals surface area contributed by atoms with Gasteiger partial charge in [0.15, 0.2) is 0 Å². The molecule has 0 saturated heterocycles. The summed E-state index contributed by atoms with van der Waals surface area (Å²) in [7, 11) is 0. The number of hydrogen-bond donors (Lipinski definition) is 3. The lowest BCUT2D eigenvalue weighted by atomic mass is 10.1. The number of aliphatic carboxylic acids is 1. The predicted octanol–water partition coefficient (Wildman–Crippen LogP) is 0.883. The first-order valence-electron chi connectivity index (χ1n) is 5.13. The fourth-order valence-electron chi connectivity index (χ4n) is 1.76. The molecule has 3 N–H and O–H groups in total. The normalized spacial score (nSPS) is 17.7. The number of carboxylic acids is 1. The van der Waals surface area contributed by atoms with E-state index in [2.05, 4.69) is 10.6 Å². The first kappa shape index (κ1) is 11.5. The first-order valence-corrected chi connectivity index (χ1v) is 5.13. The molecule has 1 unspecified atom stereocenters. The summed E-state index contributed by atoms with van der Waals surface area (Å²) < 4.78 is 13.1. The smallest absolute Gasteiger partial charge is 0.304 e.